The third-order valence-electron chi connectivity index (χ3n) is 4.59. The van der Waals surface area contributed by atoms with Crippen LogP contribution in [-0.2, 0) is 0 Å². The van der Waals surface area contributed by atoms with Crippen molar-refractivity contribution < 1.29 is 0 Å². The van der Waals surface area contributed by atoms with Gasteiger partial charge in [-0.05, 0) is 43.7 Å². The molecule has 1 aromatic rings. The minimum Gasteiger partial charge on any atom is -0.382 e. The molecular weight excluding hydrogens is 236 g/mol. The van der Waals surface area contributed by atoms with Crippen LogP contribution in [0.4, 0.5) is 5.69 Å². The Bertz CT molecular complexity index is 469. The molecule has 2 aliphatic rings. The van der Waals surface area contributed by atoms with Gasteiger partial charge in [-0.15, -0.1) is 0 Å². The maximum atomic E-state index is 7.72. The molecule has 2 atom stereocenters. The van der Waals surface area contributed by atoms with Crippen molar-refractivity contribution in [2.45, 2.75) is 44.6 Å². The zero-order chi connectivity index (χ0) is 13.2. The lowest BCUT2D eigenvalue weighted by molar-refractivity contribution is 0.243. The van der Waals surface area contributed by atoms with E-state index in [9.17, 15) is 0 Å². The molecule has 3 rings (SSSR count). The highest BCUT2D eigenvalue weighted by molar-refractivity contribution is 5.98. The number of rotatable bonds is 2. The van der Waals surface area contributed by atoms with Gasteiger partial charge in [0.05, 0.1) is 5.69 Å². The molecule has 0 bridgehead atoms. The second kappa shape index (κ2) is 5.19. The first-order valence-corrected chi connectivity index (χ1v) is 7.33. The van der Waals surface area contributed by atoms with Gasteiger partial charge in [0.15, 0.2) is 0 Å². The van der Waals surface area contributed by atoms with Gasteiger partial charge in [0.25, 0.3) is 0 Å². The predicted molar refractivity (Wildman–Crippen MR) is 77.6 cm³/mol. The van der Waals surface area contributed by atoms with Crippen LogP contribution in [-0.4, -0.2) is 23.4 Å². The lowest BCUT2D eigenvalue weighted by Gasteiger charge is -2.45. The number of aromatic nitrogens is 1. The molecule has 1 saturated heterocycles. The number of nitrogens with one attached hydrogen (secondary N) is 1. The van der Waals surface area contributed by atoms with Crippen LogP contribution in [0.25, 0.3) is 0 Å². The summed E-state index contributed by atoms with van der Waals surface area (Å²) in [5.41, 5.74) is 7.39. The van der Waals surface area contributed by atoms with Crippen molar-refractivity contribution >= 4 is 11.5 Å². The summed E-state index contributed by atoms with van der Waals surface area (Å²) >= 11 is 0. The number of anilines is 1. The first kappa shape index (κ1) is 12.5. The summed E-state index contributed by atoms with van der Waals surface area (Å²) < 4.78 is 0. The third kappa shape index (κ3) is 2.31. The molecule has 2 heterocycles. The minimum absolute atomic E-state index is 0.0773. The molecule has 0 spiro atoms. The van der Waals surface area contributed by atoms with Crippen molar-refractivity contribution in [3.8, 4) is 0 Å². The Balaban J connectivity index is 1.94. The summed E-state index contributed by atoms with van der Waals surface area (Å²) in [5.74, 6) is 0.899. The molecule has 0 radical (unpaired) electrons. The number of hydrogen-bond donors (Lipinski definition) is 2. The Labute approximate surface area is 114 Å². The molecule has 1 aromatic heterocycles. The highest BCUT2D eigenvalue weighted by Gasteiger charge is 2.34. The van der Waals surface area contributed by atoms with E-state index in [1.807, 2.05) is 6.07 Å². The Morgan fingerprint density at radius 3 is 2.89 bits per heavy atom. The number of nitrogens with zero attached hydrogens (tertiary/aromatic N) is 2. The van der Waals surface area contributed by atoms with E-state index >= 15 is 0 Å². The van der Waals surface area contributed by atoms with Crippen LogP contribution in [0.2, 0.25) is 0 Å². The number of fused-ring (bicyclic) bond motifs is 1. The molecule has 2 fully saturated rings. The smallest absolute Gasteiger partial charge is 0.143 e. The predicted octanol–water partition coefficient (Wildman–Crippen LogP) is 2.52. The molecule has 19 heavy (non-hydrogen) atoms. The summed E-state index contributed by atoms with van der Waals surface area (Å²) in [6, 6.07) is 4.65. The van der Waals surface area contributed by atoms with E-state index in [1.54, 1.807) is 6.20 Å². The van der Waals surface area contributed by atoms with Gasteiger partial charge in [0.1, 0.15) is 11.5 Å². The van der Waals surface area contributed by atoms with Crippen LogP contribution in [0.15, 0.2) is 18.3 Å². The minimum atomic E-state index is 0.0773. The molecule has 0 unspecified atom stereocenters. The van der Waals surface area contributed by atoms with E-state index in [4.69, 9.17) is 11.1 Å². The molecule has 4 nitrogen and oxygen atoms in total. The van der Waals surface area contributed by atoms with Crippen molar-refractivity contribution in [2.75, 3.05) is 11.4 Å². The fraction of sp³-hybridized carbons (Fsp3) is 0.600. The van der Waals surface area contributed by atoms with Crippen LogP contribution in [0.3, 0.4) is 0 Å². The highest BCUT2D eigenvalue weighted by atomic mass is 15.2. The van der Waals surface area contributed by atoms with Crippen LogP contribution in [0.5, 0.6) is 0 Å². The van der Waals surface area contributed by atoms with E-state index in [0.29, 0.717) is 11.7 Å². The molecule has 1 aliphatic heterocycles. The fourth-order valence-corrected chi connectivity index (χ4v) is 3.76. The topological polar surface area (TPSA) is 66.0 Å². The molecule has 102 valence electrons. The second-order valence-corrected chi connectivity index (χ2v) is 5.73. The summed E-state index contributed by atoms with van der Waals surface area (Å²) in [6.07, 6.45) is 9.66. The maximum Gasteiger partial charge on any atom is 0.143 e. The van der Waals surface area contributed by atoms with Gasteiger partial charge in [-0.25, -0.2) is 0 Å². The Hall–Kier alpha value is -1.58. The van der Waals surface area contributed by atoms with E-state index < -0.39 is 0 Å². The zero-order valence-electron chi connectivity index (χ0n) is 11.3. The van der Waals surface area contributed by atoms with E-state index in [-0.39, 0.29) is 5.84 Å². The lowest BCUT2D eigenvalue weighted by atomic mass is 9.78. The summed E-state index contributed by atoms with van der Waals surface area (Å²) in [5, 5.41) is 7.72. The van der Waals surface area contributed by atoms with Gasteiger partial charge in [0, 0.05) is 18.8 Å². The van der Waals surface area contributed by atoms with Crippen molar-refractivity contribution in [1.29, 1.82) is 5.41 Å². The van der Waals surface area contributed by atoms with Gasteiger partial charge in [-0.3, -0.25) is 10.4 Å². The monoisotopic (exact) mass is 258 g/mol. The average molecular weight is 258 g/mol. The average Bonchev–Trinajstić information content (AvgIpc) is 2.46. The molecule has 0 amide bonds. The fourth-order valence-electron chi connectivity index (χ4n) is 3.76. The third-order valence-corrected chi connectivity index (χ3v) is 4.59. The molecular formula is C15H22N4. The summed E-state index contributed by atoms with van der Waals surface area (Å²) in [7, 11) is 0. The summed E-state index contributed by atoms with van der Waals surface area (Å²) in [4.78, 5) is 6.77. The Morgan fingerprint density at radius 2 is 2.05 bits per heavy atom. The number of pyridine rings is 1. The molecule has 1 aliphatic carbocycles. The Morgan fingerprint density at radius 1 is 1.26 bits per heavy atom. The molecule has 0 aromatic carbocycles. The maximum absolute atomic E-state index is 7.72. The molecule has 3 N–H and O–H groups in total. The lowest BCUT2D eigenvalue weighted by Crippen LogP contribution is -2.47. The zero-order valence-corrected chi connectivity index (χ0v) is 11.3. The molecule has 4 heteroatoms. The largest absolute Gasteiger partial charge is 0.382 e. The summed E-state index contributed by atoms with van der Waals surface area (Å²) in [6.45, 7) is 1.08. The van der Waals surface area contributed by atoms with Gasteiger partial charge in [-0.2, -0.15) is 0 Å². The second-order valence-electron chi connectivity index (χ2n) is 5.73. The SMILES string of the molecule is N=C(N)c1ncccc1N1CCC[C@H]2CCCC[C@H]21. The van der Waals surface area contributed by atoms with Crippen molar-refractivity contribution in [3.05, 3.63) is 24.0 Å². The van der Waals surface area contributed by atoms with Crippen LogP contribution in [0, 0.1) is 11.3 Å². The van der Waals surface area contributed by atoms with Crippen molar-refractivity contribution in [1.82, 2.24) is 4.98 Å². The standard InChI is InChI=1S/C15H22N4/c16-15(17)14-13(8-3-9-18-14)19-10-4-6-11-5-1-2-7-12(11)19/h3,8-9,11-12H,1-2,4-7,10H2,(H3,16,17)/t11-,12-/m1/s1. The quantitative estimate of drug-likeness (QED) is 0.633. The van der Waals surface area contributed by atoms with Crippen LogP contribution in [0.1, 0.15) is 44.2 Å². The van der Waals surface area contributed by atoms with Gasteiger partial charge in [-0.1, -0.05) is 12.8 Å². The van der Waals surface area contributed by atoms with Crippen molar-refractivity contribution in [2.24, 2.45) is 11.7 Å². The number of piperidine rings is 1. The number of amidine groups is 1. The van der Waals surface area contributed by atoms with Crippen LogP contribution < -0.4 is 10.6 Å². The van der Waals surface area contributed by atoms with E-state index in [0.717, 1.165) is 18.2 Å². The van der Waals surface area contributed by atoms with E-state index in [1.165, 1.54) is 38.5 Å². The Kier molecular flexibility index (Phi) is 3.40. The first-order chi connectivity index (χ1) is 9.27. The van der Waals surface area contributed by atoms with Crippen molar-refractivity contribution in [3.63, 3.8) is 0 Å². The molecule has 1 saturated carbocycles. The van der Waals surface area contributed by atoms with Gasteiger partial charge in [0.2, 0.25) is 0 Å². The number of hydrogen-bond acceptors (Lipinski definition) is 3. The highest BCUT2D eigenvalue weighted by Crippen LogP contribution is 2.38. The first-order valence-electron chi connectivity index (χ1n) is 7.33. The number of nitrogens with two attached hydrogens (primary N) is 1. The van der Waals surface area contributed by atoms with Gasteiger partial charge < -0.3 is 10.6 Å². The van der Waals surface area contributed by atoms with Gasteiger partial charge >= 0.3 is 0 Å². The normalized spacial score (nSPS) is 26.8. The van der Waals surface area contributed by atoms with E-state index in [2.05, 4.69) is 16.0 Å². The number of nitrogen functional groups attached to an aromatic ring is 1. The van der Waals surface area contributed by atoms with Crippen LogP contribution >= 0.6 is 0 Å².